The first-order valence-corrected chi connectivity index (χ1v) is 29.7. The average Bonchev–Trinajstić information content (AvgIpc) is 3.39. The van der Waals surface area contributed by atoms with Crippen LogP contribution in [0.5, 0.6) is 0 Å². The van der Waals surface area contributed by atoms with Gasteiger partial charge in [-0.1, -0.05) is 270 Å². The van der Waals surface area contributed by atoms with Gasteiger partial charge in [0.1, 0.15) is 13.2 Å². The summed E-state index contributed by atoms with van der Waals surface area (Å²) in [6.07, 6.45) is 85.1. The molecule has 0 radical (unpaired) electrons. The quantitative estimate of drug-likeness (QED) is 0.0261. The lowest BCUT2D eigenvalue weighted by atomic mass is 10.0. The molecular formula is C67H108O6. The van der Waals surface area contributed by atoms with Crippen LogP contribution in [0, 0.1) is 0 Å². The number of unbranched alkanes of at least 4 members (excludes halogenated alkanes) is 21. The van der Waals surface area contributed by atoms with Gasteiger partial charge in [0.2, 0.25) is 0 Å². The van der Waals surface area contributed by atoms with Crippen LogP contribution in [0.25, 0.3) is 0 Å². The first-order valence-electron chi connectivity index (χ1n) is 29.7. The van der Waals surface area contributed by atoms with Gasteiger partial charge < -0.3 is 14.2 Å². The molecule has 0 aliphatic carbocycles. The van der Waals surface area contributed by atoms with E-state index in [2.05, 4.69) is 130 Å². The molecule has 0 rings (SSSR count). The Balaban J connectivity index is 4.46. The third kappa shape index (κ3) is 58.3. The summed E-state index contributed by atoms with van der Waals surface area (Å²) in [5.41, 5.74) is 0. The summed E-state index contributed by atoms with van der Waals surface area (Å²) in [6, 6.07) is 0. The summed E-state index contributed by atoms with van der Waals surface area (Å²) in [6.45, 7) is 6.24. The van der Waals surface area contributed by atoms with Crippen molar-refractivity contribution in [2.45, 2.75) is 258 Å². The van der Waals surface area contributed by atoms with Crippen molar-refractivity contribution in [1.82, 2.24) is 0 Å². The van der Waals surface area contributed by atoms with E-state index in [1.54, 1.807) is 12.2 Å². The minimum absolute atomic E-state index is 0.0731. The largest absolute Gasteiger partial charge is 0.462 e. The van der Waals surface area contributed by atoms with Crippen LogP contribution in [0.4, 0.5) is 0 Å². The predicted molar refractivity (Wildman–Crippen MR) is 316 cm³/mol. The molecule has 0 N–H and O–H groups in total. The maximum atomic E-state index is 12.8. The molecule has 0 aliphatic heterocycles. The Hall–Kier alpha value is -4.45. The molecule has 412 valence electrons. The van der Waals surface area contributed by atoms with E-state index in [1.165, 1.54) is 128 Å². The number of hydrogen-bond donors (Lipinski definition) is 0. The van der Waals surface area contributed by atoms with Crippen molar-refractivity contribution in [2.75, 3.05) is 13.2 Å². The van der Waals surface area contributed by atoms with E-state index in [1.807, 2.05) is 12.2 Å². The van der Waals surface area contributed by atoms with E-state index in [-0.39, 0.29) is 32.0 Å². The van der Waals surface area contributed by atoms with E-state index in [4.69, 9.17) is 14.2 Å². The van der Waals surface area contributed by atoms with Crippen LogP contribution < -0.4 is 0 Å². The lowest BCUT2D eigenvalue weighted by Crippen LogP contribution is -2.30. The van der Waals surface area contributed by atoms with Gasteiger partial charge in [0.15, 0.2) is 6.10 Å². The predicted octanol–water partition coefficient (Wildman–Crippen LogP) is 20.2. The smallest absolute Gasteiger partial charge is 0.310 e. The Labute approximate surface area is 449 Å². The number of ether oxygens (including phenoxy) is 3. The van der Waals surface area contributed by atoms with Crippen molar-refractivity contribution >= 4 is 17.9 Å². The zero-order valence-corrected chi connectivity index (χ0v) is 47.1. The number of allylic oxidation sites excluding steroid dienone is 20. The topological polar surface area (TPSA) is 78.9 Å². The zero-order valence-electron chi connectivity index (χ0n) is 47.1. The summed E-state index contributed by atoms with van der Waals surface area (Å²) in [5, 5.41) is 0. The van der Waals surface area contributed by atoms with Gasteiger partial charge >= 0.3 is 17.9 Å². The molecular weight excluding hydrogens is 901 g/mol. The average molecular weight is 1010 g/mol. The molecule has 0 aromatic heterocycles. The number of carbonyl (C=O) groups is 3. The highest BCUT2D eigenvalue weighted by Crippen LogP contribution is 2.15. The zero-order chi connectivity index (χ0) is 52.9. The van der Waals surface area contributed by atoms with Crippen LogP contribution in [-0.4, -0.2) is 37.2 Å². The van der Waals surface area contributed by atoms with E-state index < -0.39 is 18.0 Å². The van der Waals surface area contributed by atoms with Crippen LogP contribution in [0.2, 0.25) is 0 Å². The van der Waals surface area contributed by atoms with Gasteiger partial charge in [0.05, 0.1) is 12.8 Å². The molecule has 0 aromatic rings. The van der Waals surface area contributed by atoms with Gasteiger partial charge in [-0.25, -0.2) is 0 Å². The van der Waals surface area contributed by atoms with Crippen LogP contribution in [-0.2, 0) is 28.6 Å². The molecule has 6 heteroatoms. The number of hydrogen-bond acceptors (Lipinski definition) is 6. The Morgan fingerprint density at radius 3 is 0.945 bits per heavy atom. The van der Waals surface area contributed by atoms with Gasteiger partial charge in [0.25, 0.3) is 0 Å². The Kier molecular flexibility index (Phi) is 56.4. The van der Waals surface area contributed by atoms with Crippen molar-refractivity contribution in [3.8, 4) is 0 Å². The van der Waals surface area contributed by atoms with Crippen molar-refractivity contribution in [2.24, 2.45) is 0 Å². The standard InChI is InChI=1S/C67H108O6/c1-4-7-10-13-16-19-22-25-28-29-30-31-32-33-34-35-36-37-40-42-45-48-51-54-57-60-66(69)72-63-64(73-67(70)61-58-55-52-49-46-43-39-27-24-21-18-15-12-9-6-3)62-71-65(68)59-56-53-50-47-44-41-38-26-23-20-17-14-11-8-5-2/h8-9,11-12,17-18,20-21,26-27,29-30,38-39,44,46-47,49,53,55-56,58,64H,4-7,10,13-16,19,22-25,28,31-37,40-43,45,48,50-52,54,57,59-63H2,1-3H3/b11-8-,12-9-,20-17-,21-18-,30-29-,38-26-,39-27-,47-44-,49-46-,56-53-,58-55-. The first kappa shape index (κ1) is 68.6. The number of esters is 3. The van der Waals surface area contributed by atoms with Gasteiger partial charge in [-0.3, -0.25) is 14.4 Å². The summed E-state index contributed by atoms with van der Waals surface area (Å²) >= 11 is 0. The lowest BCUT2D eigenvalue weighted by Gasteiger charge is -2.17. The van der Waals surface area contributed by atoms with Gasteiger partial charge in [-0.15, -0.1) is 0 Å². The monoisotopic (exact) mass is 1010 g/mol. The molecule has 0 saturated heterocycles. The summed E-state index contributed by atoms with van der Waals surface area (Å²) in [5.74, 6) is -1.22. The Bertz CT molecular complexity index is 1580. The highest BCUT2D eigenvalue weighted by Gasteiger charge is 2.19. The molecule has 0 aromatic carbocycles. The molecule has 1 atom stereocenters. The highest BCUT2D eigenvalue weighted by molar-refractivity contribution is 5.72. The number of rotatable bonds is 52. The van der Waals surface area contributed by atoms with Crippen molar-refractivity contribution in [3.63, 3.8) is 0 Å². The van der Waals surface area contributed by atoms with Crippen LogP contribution in [0.3, 0.4) is 0 Å². The third-order valence-corrected chi connectivity index (χ3v) is 12.2. The van der Waals surface area contributed by atoms with Crippen molar-refractivity contribution < 1.29 is 28.6 Å². The molecule has 73 heavy (non-hydrogen) atoms. The molecule has 0 bridgehead atoms. The SMILES string of the molecule is CC/C=C\C/C=C\C/C=C\C/C=C\C/C=C\CC(=O)OCC(COC(=O)CCCCCCCCCCCCCCC/C=C\CCCCCCCCCC)OC(=O)C/C=C\C/C=C\C/C=C\C/C=C\C/C=C\CC. The van der Waals surface area contributed by atoms with Gasteiger partial charge in [-0.05, 0) is 96.3 Å². The minimum atomic E-state index is -0.877. The summed E-state index contributed by atoms with van der Waals surface area (Å²) in [4.78, 5) is 38.0. The van der Waals surface area contributed by atoms with E-state index in [0.29, 0.717) is 12.8 Å². The fourth-order valence-electron chi connectivity index (χ4n) is 7.82. The van der Waals surface area contributed by atoms with Gasteiger partial charge in [0, 0.05) is 6.42 Å². The molecule has 0 spiro atoms. The fourth-order valence-corrected chi connectivity index (χ4v) is 7.82. The summed E-state index contributed by atoms with van der Waals surface area (Å²) in [7, 11) is 0. The molecule has 0 saturated carbocycles. The summed E-state index contributed by atoms with van der Waals surface area (Å²) < 4.78 is 16.6. The third-order valence-electron chi connectivity index (χ3n) is 12.2. The number of carbonyl (C=O) groups excluding carboxylic acids is 3. The molecule has 0 heterocycles. The normalized spacial score (nSPS) is 13.1. The van der Waals surface area contributed by atoms with Crippen molar-refractivity contribution in [1.29, 1.82) is 0 Å². The minimum Gasteiger partial charge on any atom is -0.462 e. The second kappa shape index (κ2) is 60.1. The molecule has 0 fully saturated rings. The molecule has 6 nitrogen and oxygen atoms in total. The van der Waals surface area contributed by atoms with Crippen LogP contribution in [0.15, 0.2) is 134 Å². The first-order chi connectivity index (χ1) is 36.0. The fraction of sp³-hybridized carbons (Fsp3) is 0.627. The maximum absolute atomic E-state index is 12.8. The van der Waals surface area contributed by atoms with Crippen LogP contribution in [0.1, 0.15) is 252 Å². The van der Waals surface area contributed by atoms with Crippen LogP contribution >= 0.6 is 0 Å². The highest BCUT2D eigenvalue weighted by atomic mass is 16.6. The maximum Gasteiger partial charge on any atom is 0.310 e. The van der Waals surface area contributed by atoms with E-state index in [9.17, 15) is 14.4 Å². The lowest BCUT2D eigenvalue weighted by molar-refractivity contribution is -0.166. The second-order valence-electron chi connectivity index (χ2n) is 19.2. The van der Waals surface area contributed by atoms with E-state index >= 15 is 0 Å². The van der Waals surface area contributed by atoms with Gasteiger partial charge in [-0.2, -0.15) is 0 Å². The second-order valence-corrected chi connectivity index (χ2v) is 19.2. The Morgan fingerprint density at radius 1 is 0.301 bits per heavy atom. The molecule has 0 aliphatic rings. The van der Waals surface area contributed by atoms with Crippen molar-refractivity contribution in [3.05, 3.63) is 134 Å². The Morgan fingerprint density at radius 2 is 0.589 bits per heavy atom. The molecule has 0 amide bonds. The molecule has 1 unspecified atom stereocenters. The van der Waals surface area contributed by atoms with E-state index in [0.717, 1.165) is 77.0 Å².